The summed E-state index contributed by atoms with van der Waals surface area (Å²) < 4.78 is 5.61. The van der Waals surface area contributed by atoms with E-state index in [1.165, 1.54) is 0 Å². The van der Waals surface area contributed by atoms with Crippen LogP contribution in [0.3, 0.4) is 0 Å². The van der Waals surface area contributed by atoms with E-state index in [0.29, 0.717) is 5.92 Å². The number of hydrogen-bond donors (Lipinski definition) is 2. The van der Waals surface area contributed by atoms with Crippen LogP contribution < -0.4 is 10.5 Å². The van der Waals surface area contributed by atoms with E-state index in [4.69, 9.17) is 10.5 Å². The van der Waals surface area contributed by atoms with Gasteiger partial charge in [0.15, 0.2) is 0 Å². The third-order valence-electron chi connectivity index (χ3n) is 2.76. The van der Waals surface area contributed by atoms with Crippen molar-refractivity contribution in [1.29, 1.82) is 0 Å². The summed E-state index contributed by atoms with van der Waals surface area (Å²) >= 11 is 4.20. The Labute approximate surface area is 116 Å². The van der Waals surface area contributed by atoms with Gasteiger partial charge >= 0.3 is 0 Å². The minimum Gasteiger partial charge on any atom is -0.494 e. The quantitative estimate of drug-likeness (QED) is 0.592. The number of ether oxygens (including phenoxy) is 1. The highest BCUT2D eigenvalue weighted by atomic mass is 35.5. The Morgan fingerprint density at radius 3 is 2.53 bits per heavy atom. The van der Waals surface area contributed by atoms with Gasteiger partial charge in [-0.1, -0.05) is 25.1 Å². The first-order chi connectivity index (χ1) is 7.74. The summed E-state index contributed by atoms with van der Waals surface area (Å²) in [6.45, 7) is 2.93. The van der Waals surface area contributed by atoms with Crippen molar-refractivity contribution in [2.75, 3.05) is 12.4 Å². The molecule has 2 nitrogen and oxygen atoms in total. The van der Waals surface area contributed by atoms with Gasteiger partial charge in [0.05, 0.1) is 6.61 Å². The van der Waals surface area contributed by atoms with Gasteiger partial charge in [0, 0.05) is 11.8 Å². The van der Waals surface area contributed by atoms with Crippen LogP contribution in [0.1, 0.15) is 19.8 Å². The average molecular weight is 276 g/mol. The SMILES string of the molecule is CC(CCCOc1ccccc1)C(N)CS.Cl. The summed E-state index contributed by atoms with van der Waals surface area (Å²) in [7, 11) is 0. The van der Waals surface area contributed by atoms with Gasteiger partial charge in [-0.3, -0.25) is 0 Å². The third-order valence-corrected chi connectivity index (χ3v) is 3.18. The fourth-order valence-corrected chi connectivity index (χ4v) is 1.87. The molecular formula is C13H22ClNOS. The molecule has 0 aromatic heterocycles. The van der Waals surface area contributed by atoms with Crippen molar-refractivity contribution < 1.29 is 4.74 Å². The van der Waals surface area contributed by atoms with Crippen LogP contribution in [0.5, 0.6) is 5.75 Å². The fraction of sp³-hybridized carbons (Fsp3) is 0.538. The van der Waals surface area contributed by atoms with E-state index in [1.54, 1.807) is 0 Å². The van der Waals surface area contributed by atoms with Gasteiger partial charge < -0.3 is 10.5 Å². The zero-order chi connectivity index (χ0) is 11.8. The van der Waals surface area contributed by atoms with Crippen LogP contribution in [0.4, 0.5) is 0 Å². The van der Waals surface area contributed by atoms with Crippen molar-refractivity contribution in [2.45, 2.75) is 25.8 Å². The second kappa shape index (κ2) is 9.63. The normalized spacial score (nSPS) is 13.6. The molecule has 1 aromatic rings. The highest BCUT2D eigenvalue weighted by Gasteiger charge is 2.10. The number of para-hydroxylation sites is 1. The number of hydrogen-bond acceptors (Lipinski definition) is 3. The number of nitrogens with two attached hydrogens (primary N) is 1. The van der Waals surface area contributed by atoms with Crippen molar-refractivity contribution in [2.24, 2.45) is 11.7 Å². The van der Waals surface area contributed by atoms with Crippen LogP contribution in [0, 0.1) is 5.92 Å². The van der Waals surface area contributed by atoms with E-state index >= 15 is 0 Å². The zero-order valence-corrected chi connectivity index (χ0v) is 11.9. The first-order valence-corrected chi connectivity index (χ1v) is 6.41. The Kier molecular flexibility index (Phi) is 9.41. The highest BCUT2D eigenvalue weighted by molar-refractivity contribution is 7.80. The van der Waals surface area contributed by atoms with Gasteiger partial charge in [-0.15, -0.1) is 12.4 Å². The monoisotopic (exact) mass is 275 g/mol. The number of benzene rings is 1. The van der Waals surface area contributed by atoms with E-state index < -0.39 is 0 Å². The van der Waals surface area contributed by atoms with Crippen LogP contribution >= 0.6 is 25.0 Å². The summed E-state index contributed by atoms with van der Waals surface area (Å²) in [5.41, 5.74) is 5.89. The Morgan fingerprint density at radius 1 is 1.29 bits per heavy atom. The van der Waals surface area contributed by atoms with E-state index in [2.05, 4.69) is 19.6 Å². The van der Waals surface area contributed by atoms with Crippen molar-refractivity contribution in [3.8, 4) is 5.75 Å². The van der Waals surface area contributed by atoms with Gasteiger partial charge in [-0.05, 0) is 30.9 Å². The average Bonchev–Trinajstić information content (AvgIpc) is 2.34. The molecule has 0 amide bonds. The maximum atomic E-state index is 5.89. The van der Waals surface area contributed by atoms with E-state index in [0.717, 1.165) is 31.0 Å². The molecule has 4 heteroatoms. The van der Waals surface area contributed by atoms with Crippen LogP contribution in [-0.4, -0.2) is 18.4 Å². The fourth-order valence-electron chi connectivity index (χ4n) is 1.51. The van der Waals surface area contributed by atoms with Crippen LogP contribution in [0.25, 0.3) is 0 Å². The summed E-state index contributed by atoms with van der Waals surface area (Å²) in [5.74, 6) is 2.20. The first-order valence-electron chi connectivity index (χ1n) is 5.78. The van der Waals surface area contributed by atoms with Gasteiger partial charge in [0.1, 0.15) is 5.75 Å². The first kappa shape index (κ1) is 16.6. The second-order valence-corrected chi connectivity index (χ2v) is 4.49. The van der Waals surface area contributed by atoms with E-state index in [1.807, 2.05) is 30.3 Å². The number of halogens is 1. The Hall–Kier alpha value is -0.380. The molecule has 0 aliphatic carbocycles. The lowest BCUT2D eigenvalue weighted by atomic mass is 9.99. The molecule has 0 saturated heterocycles. The van der Waals surface area contributed by atoms with Crippen molar-refractivity contribution in [3.63, 3.8) is 0 Å². The van der Waals surface area contributed by atoms with E-state index in [-0.39, 0.29) is 18.4 Å². The largest absolute Gasteiger partial charge is 0.494 e. The minimum atomic E-state index is 0. The Balaban J connectivity index is 0.00000256. The molecule has 0 saturated carbocycles. The van der Waals surface area contributed by atoms with Gasteiger partial charge in [0.2, 0.25) is 0 Å². The highest BCUT2D eigenvalue weighted by Crippen LogP contribution is 2.12. The Bertz CT molecular complexity index is 284. The molecule has 1 aromatic carbocycles. The molecule has 1 rings (SSSR count). The maximum absolute atomic E-state index is 5.89. The summed E-state index contributed by atoms with van der Waals surface area (Å²) in [6, 6.07) is 10.1. The van der Waals surface area contributed by atoms with Gasteiger partial charge in [-0.25, -0.2) is 0 Å². The molecule has 17 heavy (non-hydrogen) atoms. The van der Waals surface area contributed by atoms with E-state index in [9.17, 15) is 0 Å². The molecule has 0 aliphatic rings. The van der Waals surface area contributed by atoms with Crippen LogP contribution in [0.2, 0.25) is 0 Å². The number of thiol groups is 1. The molecule has 0 aliphatic heterocycles. The lowest BCUT2D eigenvalue weighted by Crippen LogP contribution is -2.30. The maximum Gasteiger partial charge on any atom is 0.119 e. The third kappa shape index (κ3) is 6.81. The predicted molar refractivity (Wildman–Crippen MR) is 79.4 cm³/mol. The molecule has 2 N–H and O–H groups in total. The Morgan fingerprint density at radius 2 is 1.94 bits per heavy atom. The van der Waals surface area contributed by atoms with Crippen molar-refractivity contribution in [1.82, 2.24) is 0 Å². The van der Waals surface area contributed by atoms with Gasteiger partial charge in [0.25, 0.3) is 0 Å². The molecule has 2 unspecified atom stereocenters. The van der Waals surface area contributed by atoms with Crippen LogP contribution in [0.15, 0.2) is 30.3 Å². The van der Waals surface area contributed by atoms with Gasteiger partial charge in [-0.2, -0.15) is 12.6 Å². The zero-order valence-electron chi connectivity index (χ0n) is 10.2. The lowest BCUT2D eigenvalue weighted by Gasteiger charge is -2.17. The summed E-state index contributed by atoms with van der Waals surface area (Å²) in [6.07, 6.45) is 2.13. The minimum absolute atomic E-state index is 0. The lowest BCUT2D eigenvalue weighted by molar-refractivity contribution is 0.289. The van der Waals surface area contributed by atoms with Crippen molar-refractivity contribution in [3.05, 3.63) is 30.3 Å². The molecule has 0 heterocycles. The molecule has 2 atom stereocenters. The number of rotatable bonds is 7. The van der Waals surface area contributed by atoms with Crippen LogP contribution in [-0.2, 0) is 0 Å². The second-order valence-electron chi connectivity index (χ2n) is 4.13. The molecule has 0 radical (unpaired) electrons. The topological polar surface area (TPSA) is 35.2 Å². The standard InChI is InChI=1S/C13H21NOS.ClH/c1-11(13(14)10-16)6-5-9-15-12-7-3-2-4-8-12;/h2-4,7-8,11,13,16H,5-6,9-10,14H2,1H3;1H. The molecule has 0 fully saturated rings. The summed E-state index contributed by atoms with van der Waals surface area (Å²) in [5, 5.41) is 0. The molecule has 0 spiro atoms. The molecule has 98 valence electrons. The molecular weight excluding hydrogens is 254 g/mol. The smallest absolute Gasteiger partial charge is 0.119 e. The predicted octanol–water partition coefficient (Wildman–Crippen LogP) is 3.16. The summed E-state index contributed by atoms with van der Waals surface area (Å²) in [4.78, 5) is 0. The molecule has 0 bridgehead atoms. The van der Waals surface area contributed by atoms with Crippen molar-refractivity contribution >= 4 is 25.0 Å².